The number of sulfonamides is 1. The highest BCUT2D eigenvalue weighted by Gasteiger charge is 2.05. The predicted molar refractivity (Wildman–Crippen MR) is 81.4 cm³/mol. The van der Waals surface area contributed by atoms with E-state index in [4.69, 9.17) is 4.74 Å². The van der Waals surface area contributed by atoms with Crippen LogP contribution in [-0.4, -0.2) is 34.4 Å². The SMILES string of the molecule is CCCCOc1ccc(CNCCS(=O)(=O)NC)cc1. The van der Waals surface area contributed by atoms with Gasteiger partial charge in [-0.3, -0.25) is 0 Å². The van der Waals surface area contributed by atoms with Crippen molar-refractivity contribution in [2.24, 2.45) is 0 Å². The summed E-state index contributed by atoms with van der Waals surface area (Å²) in [4.78, 5) is 0. The number of benzene rings is 1. The summed E-state index contributed by atoms with van der Waals surface area (Å²) in [6.45, 7) is 3.95. The van der Waals surface area contributed by atoms with Crippen molar-refractivity contribution >= 4 is 10.0 Å². The van der Waals surface area contributed by atoms with E-state index in [-0.39, 0.29) is 5.75 Å². The molecule has 1 aromatic carbocycles. The Morgan fingerprint density at radius 2 is 1.90 bits per heavy atom. The Hall–Kier alpha value is -1.11. The van der Waals surface area contributed by atoms with Gasteiger partial charge in [0.1, 0.15) is 5.75 Å². The Morgan fingerprint density at radius 1 is 1.20 bits per heavy atom. The van der Waals surface area contributed by atoms with Crippen molar-refractivity contribution < 1.29 is 13.2 Å². The lowest BCUT2D eigenvalue weighted by molar-refractivity contribution is 0.309. The van der Waals surface area contributed by atoms with Crippen LogP contribution < -0.4 is 14.8 Å². The second-order valence-corrected chi connectivity index (χ2v) is 6.59. The smallest absolute Gasteiger partial charge is 0.212 e. The molecular weight excluding hydrogens is 276 g/mol. The summed E-state index contributed by atoms with van der Waals surface area (Å²) in [6.07, 6.45) is 2.18. The first kappa shape index (κ1) is 16.9. The summed E-state index contributed by atoms with van der Waals surface area (Å²) in [5.41, 5.74) is 1.11. The van der Waals surface area contributed by atoms with Crippen molar-refractivity contribution in [3.8, 4) is 5.75 Å². The van der Waals surface area contributed by atoms with E-state index in [9.17, 15) is 8.42 Å². The molecule has 0 bridgehead atoms. The van der Waals surface area contributed by atoms with Gasteiger partial charge in [-0.15, -0.1) is 0 Å². The molecule has 0 spiro atoms. The zero-order valence-electron chi connectivity index (χ0n) is 12.2. The van der Waals surface area contributed by atoms with Crippen LogP contribution in [0.4, 0.5) is 0 Å². The summed E-state index contributed by atoms with van der Waals surface area (Å²) in [6, 6.07) is 7.86. The quantitative estimate of drug-likeness (QED) is 0.643. The third-order valence-corrected chi connectivity index (χ3v) is 4.24. The van der Waals surface area contributed by atoms with Crippen molar-refractivity contribution in [2.75, 3.05) is 26.0 Å². The molecule has 0 atom stereocenters. The molecule has 1 aromatic rings. The lowest BCUT2D eigenvalue weighted by Crippen LogP contribution is -2.29. The highest BCUT2D eigenvalue weighted by atomic mass is 32.2. The molecule has 0 amide bonds. The summed E-state index contributed by atoms with van der Waals surface area (Å²) in [7, 11) is -1.70. The Bertz CT molecular complexity index is 472. The van der Waals surface area contributed by atoms with Crippen molar-refractivity contribution in [1.82, 2.24) is 10.0 Å². The summed E-state index contributed by atoms with van der Waals surface area (Å²) in [5.74, 6) is 0.960. The number of hydrogen-bond acceptors (Lipinski definition) is 4. The molecule has 0 saturated carbocycles. The van der Waals surface area contributed by atoms with Gasteiger partial charge in [0.15, 0.2) is 0 Å². The lowest BCUT2D eigenvalue weighted by atomic mass is 10.2. The number of rotatable bonds is 10. The first-order chi connectivity index (χ1) is 9.57. The van der Waals surface area contributed by atoms with Crippen molar-refractivity contribution in [3.63, 3.8) is 0 Å². The molecule has 0 aliphatic heterocycles. The Labute approximate surface area is 121 Å². The van der Waals surface area contributed by atoms with E-state index < -0.39 is 10.0 Å². The summed E-state index contributed by atoms with van der Waals surface area (Å²) < 4.78 is 30.3. The Morgan fingerprint density at radius 3 is 2.50 bits per heavy atom. The van der Waals surface area contributed by atoms with Crippen LogP contribution in [-0.2, 0) is 16.6 Å². The van der Waals surface area contributed by atoms with Crippen molar-refractivity contribution in [3.05, 3.63) is 29.8 Å². The van der Waals surface area contributed by atoms with Gasteiger partial charge >= 0.3 is 0 Å². The first-order valence-electron chi connectivity index (χ1n) is 6.91. The third kappa shape index (κ3) is 6.88. The molecule has 0 aromatic heterocycles. The van der Waals surface area contributed by atoms with Crippen LogP contribution in [0.2, 0.25) is 0 Å². The normalized spacial score (nSPS) is 11.5. The van der Waals surface area contributed by atoms with Gasteiger partial charge in [-0.2, -0.15) is 0 Å². The lowest BCUT2D eigenvalue weighted by Gasteiger charge is -2.08. The average Bonchev–Trinajstić information content (AvgIpc) is 2.45. The van der Waals surface area contributed by atoms with E-state index in [0.717, 1.165) is 30.8 Å². The van der Waals surface area contributed by atoms with Crippen LogP contribution in [0.1, 0.15) is 25.3 Å². The van der Waals surface area contributed by atoms with Crippen molar-refractivity contribution in [1.29, 1.82) is 0 Å². The fourth-order valence-corrected chi connectivity index (χ4v) is 2.20. The molecule has 0 fully saturated rings. The molecule has 0 saturated heterocycles. The largest absolute Gasteiger partial charge is 0.494 e. The van der Waals surface area contributed by atoms with Crippen LogP contribution in [0.5, 0.6) is 5.75 Å². The molecule has 0 radical (unpaired) electrons. The van der Waals surface area contributed by atoms with Crippen LogP contribution in [0, 0.1) is 0 Å². The molecule has 20 heavy (non-hydrogen) atoms. The van der Waals surface area contributed by atoms with Gasteiger partial charge < -0.3 is 10.1 Å². The minimum absolute atomic E-state index is 0.0850. The topological polar surface area (TPSA) is 67.4 Å². The van der Waals surface area contributed by atoms with Gasteiger partial charge in [-0.05, 0) is 31.2 Å². The fraction of sp³-hybridized carbons (Fsp3) is 0.571. The van der Waals surface area contributed by atoms with E-state index >= 15 is 0 Å². The molecule has 6 heteroatoms. The molecule has 0 aliphatic carbocycles. The number of nitrogens with one attached hydrogen (secondary N) is 2. The van der Waals surface area contributed by atoms with Crippen LogP contribution in [0.15, 0.2) is 24.3 Å². The van der Waals surface area contributed by atoms with Gasteiger partial charge in [-0.25, -0.2) is 13.1 Å². The van der Waals surface area contributed by atoms with Gasteiger partial charge in [0.25, 0.3) is 0 Å². The fourth-order valence-electron chi connectivity index (χ4n) is 1.58. The highest BCUT2D eigenvalue weighted by Crippen LogP contribution is 2.12. The monoisotopic (exact) mass is 300 g/mol. The maximum Gasteiger partial charge on any atom is 0.212 e. The third-order valence-electron chi connectivity index (χ3n) is 2.88. The van der Waals surface area contributed by atoms with Gasteiger partial charge in [0, 0.05) is 13.1 Å². The highest BCUT2D eigenvalue weighted by molar-refractivity contribution is 7.89. The van der Waals surface area contributed by atoms with E-state index in [1.807, 2.05) is 24.3 Å². The van der Waals surface area contributed by atoms with Crippen molar-refractivity contribution in [2.45, 2.75) is 26.3 Å². The second kappa shape index (κ2) is 8.94. The predicted octanol–water partition coefficient (Wildman–Crippen LogP) is 1.50. The molecule has 5 nitrogen and oxygen atoms in total. The maximum atomic E-state index is 11.2. The van der Waals surface area contributed by atoms with Gasteiger partial charge in [0.05, 0.1) is 12.4 Å². The van der Waals surface area contributed by atoms with Gasteiger partial charge in [0.2, 0.25) is 10.0 Å². The standard InChI is InChI=1S/C14H24N2O3S/c1-3-4-10-19-14-7-5-13(6-8-14)12-16-9-11-20(17,18)15-2/h5-8,15-16H,3-4,9-12H2,1-2H3. The molecular formula is C14H24N2O3S. The average molecular weight is 300 g/mol. The molecule has 2 N–H and O–H groups in total. The van der Waals surface area contributed by atoms with Gasteiger partial charge in [-0.1, -0.05) is 25.5 Å². The number of hydrogen-bond donors (Lipinski definition) is 2. The van der Waals surface area contributed by atoms with Crippen LogP contribution in [0.25, 0.3) is 0 Å². The number of ether oxygens (including phenoxy) is 1. The van der Waals surface area contributed by atoms with Crippen LogP contribution >= 0.6 is 0 Å². The van der Waals surface area contributed by atoms with Crippen LogP contribution in [0.3, 0.4) is 0 Å². The zero-order valence-corrected chi connectivity index (χ0v) is 13.0. The molecule has 0 unspecified atom stereocenters. The van der Waals surface area contributed by atoms with E-state index in [1.165, 1.54) is 7.05 Å². The second-order valence-electron chi connectivity index (χ2n) is 4.55. The zero-order chi connectivity index (χ0) is 14.8. The Kier molecular flexibility index (Phi) is 7.58. The minimum Gasteiger partial charge on any atom is -0.494 e. The minimum atomic E-state index is -3.13. The molecule has 0 aliphatic rings. The summed E-state index contributed by atoms with van der Waals surface area (Å²) in [5, 5.41) is 3.10. The Balaban J connectivity index is 2.28. The molecule has 1 rings (SSSR count). The summed E-state index contributed by atoms with van der Waals surface area (Å²) >= 11 is 0. The first-order valence-corrected chi connectivity index (χ1v) is 8.56. The number of unbranched alkanes of at least 4 members (excludes halogenated alkanes) is 1. The van der Waals surface area contributed by atoms with E-state index in [2.05, 4.69) is 17.0 Å². The van der Waals surface area contributed by atoms with E-state index in [1.54, 1.807) is 0 Å². The molecule has 114 valence electrons. The maximum absolute atomic E-state index is 11.2. The molecule has 0 heterocycles. The van der Waals surface area contributed by atoms with E-state index in [0.29, 0.717) is 13.1 Å².